The molecule has 0 saturated carbocycles. The number of halogens is 4. The molecule has 36 heavy (non-hydrogen) atoms. The van der Waals surface area contributed by atoms with Crippen molar-refractivity contribution in [2.45, 2.75) is 25.9 Å². The summed E-state index contributed by atoms with van der Waals surface area (Å²) in [5, 5.41) is 0. The Morgan fingerprint density at radius 1 is 0.833 bits per heavy atom. The molecule has 1 aliphatic rings. The van der Waals surface area contributed by atoms with Gasteiger partial charge in [-0.2, -0.15) is 13.2 Å². The average Bonchev–Trinajstić information content (AvgIpc) is 2.87. The number of alkyl halides is 3. The second-order valence-electron chi connectivity index (χ2n) is 8.50. The summed E-state index contributed by atoms with van der Waals surface area (Å²) in [6.07, 6.45) is -5.39. The summed E-state index contributed by atoms with van der Waals surface area (Å²) in [6.45, 7) is 2.29. The number of rotatable bonds is 7. The van der Waals surface area contributed by atoms with Crippen LogP contribution < -0.4 is 4.74 Å². The van der Waals surface area contributed by atoms with E-state index in [9.17, 15) is 22.4 Å². The van der Waals surface area contributed by atoms with Gasteiger partial charge in [0.15, 0.2) is 0 Å². The van der Waals surface area contributed by atoms with Crippen molar-refractivity contribution in [2.75, 3.05) is 26.2 Å². The van der Waals surface area contributed by atoms with Gasteiger partial charge in [-0.15, -0.1) is 0 Å². The van der Waals surface area contributed by atoms with Crippen LogP contribution in [0.4, 0.5) is 22.4 Å². The topological polar surface area (TPSA) is 42.0 Å². The van der Waals surface area contributed by atoms with E-state index in [4.69, 9.17) is 9.47 Å². The lowest BCUT2D eigenvalue weighted by Crippen LogP contribution is -2.48. The van der Waals surface area contributed by atoms with E-state index in [2.05, 4.69) is 4.90 Å². The van der Waals surface area contributed by atoms with E-state index in [-0.39, 0.29) is 0 Å². The number of carbonyl (C=O) groups excluding carboxylic acids is 1. The number of para-hydroxylation sites is 1. The highest BCUT2D eigenvalue weighted by atomic mass is 19.4. The number of ether oxygens (including phenoxy) is 2. The number of benzene rings is 3. The normalized spacial score (nSPS) is 14.5. The van der Waals surface area contributed by atoms with Crippen LogP contribution in [0.15, 0.2) is 72.8 Å². The second kappa shape index (κ2) is 11.4. The summed E-state index contributed by atoms with van der Waals surface area (Å²) in [4.78, 5) is 16.1. The van der Waals surface area contributed by atoms with Crippen molar-refractivity contribution in [3.63, 3.8) is 0 Å². The quantitative estimate of drug-likeness (QED) is 0.379. The van der Waals surface area contributed by atoms with Crippen LogP contribution in [0, 0.1) is 5.82 Å². The van der Waals surface area contributed by atoms with Gasteiger partial charge in [-0.3, -0.25) is 4.90 Å². The number of carbonyl (C=O) groups is 1. The molecule has 0 radical (unpaired) electrons. The van der Waals surface area contributed by atoms with Crippen LogP contribution in [-0.4, -0.2) is 42.1 Å². The molecule has 190 valence electrons. The van der Waals surface area contributed by atoms with Crippen molar-refractivity contribution in [3.05, 3.63) is 101 Å². The molecule has 0 atom stereocenters. The maximum Gasteiger partial charge on any atom is 0.416 e. The summed E-state index contributed by atoms with van der Waals surface area (Å²) in [6, 6.07) is 19.8. The third-order valence-corrected chi connectivity index (χ3v) is 5.96. The van der Waals surface area contributed by atoms with Crippen molar-refractivity contribution in [1.29, 1.82) is 0 Å². The Balaban J connectivity index is 1.28. The summed E-state index contributed by atoms with van der Waals surface area (Å²) < 4.78 is 64.0. The van der Waals surface area contributed by atoms with E-state index >= 15 is 0 Å². The van der Waals surface area contributed by atoms with E-state index in [1.165, 1.54) is 4.90 Å². The average molecular weight is 503 g/mol. The molecule has 0 bridgehead atoms. The predicted octanol–water partition coefficient (Wildman–Crippen LogP) is 5.88. The SMILES string of the molecule is O=C(OCc1cc(F)ccc1C(F)(F)F)N1CCN(Cc2ccccc2OCc2ccccc2)CC1. The van der Waals surface area contributed by atoms with Crippen molar-refractivity contribution in [2.24, 2.45) is 0 Å². The maximum absolute atomic E-state index is 13.5. The van der Waals surface area contributed by atoms with Gasteiger partial charge in [0.2, 0.25) is 0 Å². The molecule has 1 aliphatic heterocycles. The van der Waals surface area contributed by atoms with Crippen molar-refractivity contribution >= 4 is 6.09 Å². The smallest absolute Gasteiger partial charge is 0.416 e. The van der Waals surface area contributed by atoms with Crippen LogP contribution in [0.1, 0.15) is 22.3 Å². The lowest BCUT2D eigenvalue weighted by Gasteiger charge is -2.34. The number of nitrogens with zero attached hydrogens (tertiary/aromatic N) is 2. The Labute approximate surface area is 206 Å². The zero-order valence-corrected chi connectivity index (χ0v) is 19.5. The Morgan fingerprint density at radius 2 is 1.53 bits per heavy atom. The van der Waals surface area contributed by atoms with Gasteiger partial charge in [-0.1, -0.05) is 48.5 Å². The third-order valence-electron chi connectivity index (χ3n) is 5.96. The molecule has 1 amide bonds. The highest BCUT2D eigenvalue weighted by Crippen LogP contribution is 2.32. The lowest BCUT2D eigenvalue weighted by atomic mass is 10.1. The number of hydrogen-bond acceptors (Lipinski definition) is 4. The molecule has 1 saturated heterocycles. The minimum absolute atomic E-state index is 0.362. The van der Waals surface area contributed by atoms with E-state index in [0.29, 0.717) is 45.4 Å². The van der Waals surface area contributed by atoms with E-state index in [1.807, 2.05) is 54.6 Å². The van der Waals surface area contributed by atoms with Gasteiger partial charge in [0.1, 0.15) is 24.8 Å². The van der Waals surface area contributed by atoms with Crippen LogP contribution in [-0.2, 0) is 30.7 Å². The molecule has 1 fully saturated rings. The van der Waals surface area contributed by atoms with Crippen molar-refractivity contribution < 1.29 is 31.8 Å². The molecule has 9 heteroatoms. The molecule has 3 aromatic carbocycles. The lowest BCUT2D eigenvalue weighted by molar-refractivity contribution is -0.138. The molecule has 3 aromatic rings. The molecular formula is C27H26F4N2O3. The fourth-order valence-corrected chi connectivity index (χ4v) is 4.03. The zero-order chi connectivity index (χ0) is 25.5. The molecule has 5 nitrogen and oxygen atoms in total. The van der Waals surface area contributed by atoms with E-state index in [0.717, 1.165) is 29.0 Å². The first-order valence-corrected chi connectivity index (χ1v) is 11.5. The van der Waals surface area contributed by atoms with Gasteiger partial charge in [0.25, 0.3) is 0 Å². The minimum atomic E-state index is -4.66. The number of hydrogen-bond donors (Lipinski definition) is 0. The Kier molecular flexibility index (Phi) is 8.10. The summed E-state index contributed by atoms with van der Waals surface area (Å²) in [5.74, 6) is -0.0329. The Morgan fingerprint density at radius 3 is 2.25 bits per heavy atom. The standard InChI is InChI=1S/C27H26F4N2O3/c28-23-10-11-24(27(29,30)31)22(16-23)19-36-26(34)33-14-12-32(13-15-33)17-21-8-4-5-9-25(21)35-18-20-6-2-1-3-7-20/h1-11,16H,12-15,17-19H2. The van der Waals surface area contributed by atoms with Gasteiger partial charge >= 0.3 is 12.3 Å². The van der Waals surface area contributed by atoms with Crippen molar-refractivity contribution in [3.8, 4) is 5.75 Å². The van der Waals surface area contributed by atoms with Crippen molar-refractivity contribution in [1.82, 2.24) is 9.80 Å². The van der Waals surface area contributed by atoms with Crippen LogP contribution in [0.25, 0.3) is 0 Å². The minimum Gasteiger partial charge on any atom is -0.489 e. The van der Waals surface area contributed by atoms with Gasteiger partial charge in [0.05, 0.1) is 5.56 Å². The Hall–Kier alpha value is -3.59. The fourth-order valence-electron chi connectivity index (χ4n) is 4.03. The molecule has 0 aromatic heterocycles. The molecule has 0 N–H and O–H groups in total. The zero-order valence-electron chi connectivity index (χ0n) is 19.5. The highest BCUT2D eigenvalue weighted by Gasteiger charge is 2.34. The Bertz CT molecular complexity index is 1160. The van der Waals surface area contributed by atoms with Gasteiger partial charge < -0.3 is 14.4 Å². The number of amides is 1. The molecule has 0 unspecified atom stereocenters. The van der Waals surface area contributed by atoms with E-state index < -0.39 is 35.8 Å². The van der Waals surface area contributed by atoms with Crippen LogP contribution >= 0.6 is 0 Å². The number of piperazine rings is 1. The summed E-state index contributed by atoms with van der Waals surface area (Å²) in [7, 11) is 0. The van der Waals surface area contributed by atoms with Crippen LogP contribution in [0.3, 0.4) is 0 Å². The maximum atomic E-state index is 13.5. The molecular weight excluding hydrogens is 476 g/mol. The van der Waals surface area contributed by atoms with Gasteiger partial charge in [0, 0.05) is 43.9 Å². The van der Waals surface area contributed by atoms with E-state index in [1.54, 1.807) is 0 Å². The monoisotopic (exact) mass is 502 g/mol. The molecule has 1 heterocycles. The molecule has 4 rings (SSSR count). The van der Waals surface area contributed by atoms with Crippen LogP contribution in [0.5, 0.6) is 5.75 Å². The summed E-state index contributed by atoms with van der Waals surface area (Å²) >= 11 is 0. The third kappa shape index (κ3) is 6.75. The first-order chi connectivity index (χ1) is 17.3. The second-order valence-corrected chi connectivity index (χ2v) is 8.50. The van der Waals surface area contributed by atoms with Gasteiger partial charge in [-0.05, 0) is 29.8 Å². The fraction of sp³-hybridized carbons (Fsp3) is 0.296. The molecule has 0 aliphatic carbocycles. The predicted molar refractivity (Wildman–Crippen MR) is 126 cm³/mol. The first kappa shape index (κ1) is 25.5. The molecule has 0 spiro atoms. The van der Waals surface area contributed by atoms with Gasteiger partial charge in [-0.25, -0.2) is 9.18 Å². The van der Waals surface area contributed by atoms with Crippen LogP contribution in [0.2, 0.25) is 0 Å². The first-order valence-electron chi connectivity index (χ1n) is 11.5. The largest absolute Gasteiger partial charge is 0.489 e. The highest BCUT2D eigenvalue weighted by molar-refractivity contribution is 5.67. The summed E-state index contributed by atoms with van der Waals surface area (Å²) in [5.41, 5.74) is 0.659.